The van der Waals surface area contributed by atoms with Crippen molar-refractivity contribution in [3.8, 4) is 10.9 Å². The fourth-order valence-electron chi connectivity index (χ4n) is 1.50. The Morgan fingerprint density at radius 2 is 2.20 bits per heavy atom. The van der Waals surface area contributed by atoms with Gasteiger partial charge in [-0.2, -0.15) is 0 Å². The molecule has 0 bridgehead atoms. The molecule has 1 aromatic carbocycles. The zero-order chi connectivity index (χ0) is 14.4. The molecule has 5 nitrogen and oxygen atoms in total. The number of aromatic nitrogens is 2. The summed E-state index contributed by atoms with van der Waals surface area (Å²) in [4.78, 5) is 0. The van der Waals surface area contributed by atoms with Gasteiger partial charge in [-0.25, -0.2) is 0 Å². The fourth-order valence-corrected chi connectivity index (χ4v) is 2.30. The topological polar surface area (TPSA) is 56.3 Å². The van der Waals surface area contributed by atoms with Crippen LogP contribution in [0.1, 0.15) is 10.6 Å². The van der Waals surface area contributed by atoms with E-state index in [1.165, 1.54) is 11.3 Å². The van der Waals surface area contributed by atoms with Gasteiger partial charge in [-0.1, -0.05) is 28.0 Å². The number of aryl methyl sites for hydroxylation is 1. The number of nitrogens with one attached hydrogen (secondary N) is 1. The van der Waals surface area contributed by atoms with Crippen molar-refractivity contribution >= 4 is 22.9 Å². The molecule has 0 aliphatic carbocycles. The molecule has 0 saturated carbocycles. The molecule has 0 spiro atoms. The van der Waals surface area contributed by atoms with Gasteiger partial charge in [0.15, 0.2) is 0 Å². The lowest BCUT2D eigenvalue weighted by Gasteiger charge is -2.03. The zero-order valence-electron chi connectivity index (χ0n) is 11.4. The van der Waals surface area contributed by atoms with Gasteiger partial charge in [0.05, 0.1) is 6.61 Å². The number of benzene rings is 1. The summed E-state index contributed by atoms with van der Waals surface area (Å²) in [5, 5.41) is 13.4. The monoisotopic (exact) mass is 313 g/mol. The van der Waals surface area contributed by atoms with E-state index in [1.807, 2.05) is 19.1 Å². The number of rotatable bonds is 7. The van der Waals surface area contributed by atoms with Gasteiger partial charge < -0.3 is 14.8 Å². The number of hydrogen-bond donors (Lipinski definition) is 1. The van der Waals surface area contributed by atoms with Gasteiger partial charge in [0.2, 0.25) is 0 Å². The lowest BCUT2D eigenvalue weighted by atomic mass is 10.2. The van der Waals surface area contributed by atoms with E-state index in [-0.39, 0.29) is 0 Å². The molecule has 1 heterocycles. The molecule has 7 heteroatoms. The van der Waals surface area contributed by atoms with Crippen LogP contribution in [0.15, 0.2) is 18.2 Å². The van der Waals surface area contributed by atoms with Crippen molar-refractivity contribution in [2.24, 2.45) is 0 Å². The van der Waals surface area contributed by atoms with Crippen LogP contribution in [-0.2, 0) is 11.3 Å². The van der Waals surface area contributed by atoms with Gasteiger partial charge in [-0.05, 0) is 30.7 Å². The molecule has 0 saturated heterocycles. The molecule has 0 amide bonds. The minimum absolute atomic E-state index is 0.523. The maximum atomic E-state index is 5.97. The molecule has 0 atom stereocenters. The molecule has 0 radical (unpaired) electrons. The lowest BCUT2D eigenvalue weighted by molar-refractivity contribution is 0.199. The van der Waals surface area contributed by atoms with Crippen LogP contribution < -0.4 is 10.1 Å². The highest BCUT2D eigenvalue weighted by molar-refractivity contribution is 7.13. The summed E-state index contributed by atoms with van der Waals surface area (Å²) < 4.78 is 10.6. The summed E-state index contributed by atoms with van der Waals surface area (Å²) in [7, 11) is 1.67. The third-order valence-electron chi connectivity index (χ3n) is 2.54. The Morgan fingerprint density at radius 3 is 2.95 bits per heavy atom. The van der Waals surface area contributed by atoms with Crippen molar-refractivity contribution in [3.05, 3.63) is 33.8 Å². The second-order valence-electron chi connectivity index (χ2n) is 4.14. The average Bonchev–Trinajstić information content (AvgIpc) is 2.87. The van der Waals surface area contributed by atoms with Crippen LogP contribution in [0.3, 0.4) is 0 Å². The van der Waals surface area contributed by atoms with E-state index in [9.17, 15) is 0 Å². The number of ether oxygens (including phenoxy) is 2. The quantitative estimate of drug-likeness (QED) is 0.796. The maximum absolute atomic E-state index is 5.97. The third-order valence-corrected chi connectivity index (χ3v) is 3.77. The first-order valence-electron chi connectivity index (χ1n) is 6.15. The minimum atomic E-state index is 0.523. The fraction of sp³-hybridized carbons (Fsp3) is 0.385. The van der Waals surface area contributed by atoms with Crippen molar-refractivity contribution in [2.45, 2.75) is 13.5 Å². The smallest absolute Gasteiger partial charge is 0.299 e. The van der Waals surface area contributed by atoms with Crippen LogP contribution >= 0.6 is 22.9 Å². The Bertz CT molecular complexity index is 562. The first-order valence-corrected chi connectivity index (χ1v) is 7.34. The molecular weight excluding hydrogens is 298 g/mol. The zero-order valence-corrected chi connectivity index (χ0v) is 12.9. The SMILES string of the molecule is COCCNCc1nnc(Oc2ccc(Cl)c(C)c2)s1. The van der Waals surface area contributed by atoms with Crippen molar-refractivity contribution in [1.82, 2.24) is 15.5 Å². The van der Waals surface area contributed by atoms with Gasteiger partial charge in [0.1, 0.15) is 10.8 Å². The highest BCUT2D eigenvalue weighted by atomic mass is 35.5. The molecule has 0 aliphatic heterocycles. The van der Waals surface area contributed by atoms with E-state index in [1.54, 1.807) is 13.2 Å². The van der Waals surface area contributed by atoms with Crippen LogP contribution in [0.2, 0.25) is 5.02 Å². The largest absolute Gasteiger partial charge is 0.430 e. The number of hydrogen-bond acceptors (Lipinski definition) is 6. The van der Waals surface area contributed by atoms with Crippen molar-refractivity contribution in [2.75, 3.05) is 20.3 Å². The molecule has 2 rings (SSSR count). The van der Waals surface area contributed by atoms with Crippen LogP contribution in [0.25, 0.3) is 0 Å². The van der Waals surface area contributed by atoms with Crippen LogP contribution in [-0.4, -0.2) is 30.5 Å². The first-order chi connectivity index (χ1) is 9.69. The molecule has 108 valence electrons. The first kappa shape index (κ1) is 15.2. The minimum Gasteiger partial charge on any atom is -0.430 e. The van der Waals surface area contributed by atoms with E-state index in [0.717, 1.165) is 22.1 Å². The van der Waals surface area contributed by atoms with Gasteiger partial charge >= 0.3 is 0 Å². The van der Waals surface area contributed by atoms with E-state index in [4.69, 9.17) is 21.1 Å². The Hall–Kier alpha value is -1.21. The highest BCUT2D eigenvalue weighted by Crippen LogP contribution is 2.27. The molecule has 1 aromatic heterocycles. The van der Waals surface area contributed by atoms with Crippen molar-refractivity contribution < 1.29 is 9.47 Å². The predicted molar refractivity (Wildman–Crippen MR) is 79.8 cm³/mol. The third kappa shape index (κ3) is 4.42. The molecule has 0 aliphatic rings. The van der Waals surface area contributed by atoms with Gasteiger partial charge in [0.25, 0.3) is 5.19 Å². The Balaban J connectivity index is 1.90. The molecule has 2 aromatic rings. The standard InChI is InChI=1S/C13H16ClN3O2S/c1-9-7-10(3-4-11(9)14)19-13-17-16-12(20-13)8-15-5-6-18-2/h3-4,7,15H,5-6,8H2,1-2H3. The van der Waals surface area contributed by atoms with Crippen molar-refractivity contribution in [3.63, 3.8) is 0 Å². The summed E-state index contributed by atoms with van der Waals surface area (Å²) in [6.07, 6.45) is 0. The molecule has 0 fully saturated rings. The molecule has 20 heavy (non-hydrogen) atoms. The summed E-state index contributed by atoms with van der Waals surface area (Å²) >= 11 is 7.39. The van der Waals surface area contributed by atoms with Gasteiger partial charge in [-0.3, -0.25) is 0 Å². The normalized spacial score (nSPS) is 10.8. The van der Waals surface area contributed by atoms with Gasteiger partial charge in [0, 0.05) is 25.2 Å². The maximum Gasteiger partial charge on any atom is 0.299 e. The molecule has 1 N–H and O–H groups in total. The summed E-state index contributed by atoms with van der Waals surface area (Å²) in [5.74, 6) is 0.710. The van der Waals surface area contributed by atoms with Crippen LogP contribution in [0.5, 0.6) is 10.9 Å². The number of methoxy groups -OCH3 is 1. The summed E-state index contributed by atoms with van der Waals surface area (Å²) in [6.45, 7) is 4.04. The van der Waals surface area contributed by atoms with Crippen LogP contribution in [0, 0.1) is 6.92 Å². The van der Waals surface area contributed by atoms with E-state index < -0.39 is 0 Å². The Morgan fingerprint density at radius 1 is 1.35 bits per heavy atom. The summed E-state index contributed by atoms with van der Waals surface area (Å²) in [5.41, 5.74) is 0.968. The van der Waals surface area contributed by atoms with E-state index >= 15 is 0 Å². The van der Waals surface area contributed by atoms with E-state index in [2.05, 4.69) is 15.5 Å². The predicted octanol–water partition coefficient (Wildman–Crippen LogP) is 3.03. The van der Waals surface area contributed by atoms with Crippen LogP contribution in [0.4, 0.5) is 0 Å². The second-order valence-corrected chi connectivity index (χ2v) is 5.58. The lowest BCUT2D eigenvalue weighted by Crippen LogP contribution is -2.18. The number of nitrogens with zero attached hydrogens (tertiary/aromatic N) is 2. The van der Waals surface area contributed by atoms with Crippen molar-refractivity contribution in [1.29, 1.82) is 0 Å². The average molecular weight is 314 g/mol. The Kier molecular flexibility index (Phi) is 5.72. The molecular formula is C13H16ClN3O2S. The Labute approximate surface area is 126 Å². The molecule has 0 unspecified atom stereocenters. The van der Waals surface area contributed by atoms with E-state index in [0.29, 0.717) is 24.1 Å². The second kappa shape index (κ2) is 7.54. The highest BCUT2D eigenvalue weighted by Gasteiger charge is 2.07. The number of halogens is 1. The van der Waals surface area contributed by atoms with Gasteiger partial charge in [-0.15, -0.1) is 5.10 Å². The summed E-state index contributed by atoms with van der Waals surface area (Å²) in [6, 6.07) is 5.49.